The minimum atomic E-state index is -0.515. The summed E-state index contributed by atoms with van der Waals surface area (Å²) in [6.07, 6.45) is 8.37. The largest absolute Gasteiger partial charge is 0.316 e. The van der Waals surface area contributed by atoms with Gasteiger partial charge in [-0.2, -0.15) is 5.10 Å². The fourth-order valence-corrected chi connectivity index (χ4v) is 3.04. The second kappa shape index (κ2) is 5.27. The van der Waals surface area contributed by atoms with Crippen LogP contribution < -0.4 is 16.1 Å². The molecule has 4 N–H and O–H groups in total. The molecule has 0 bridgehead atoms. The molecule has 1 amide bonds. The van der Waals surface area contributed by atoms with Crippen LogP contribution in [0.5, 0.6) is 0 Å². The number of hydrogen-bond acceptors (Lipinski definition) is 4. The smallest absolute Gasteiger partial charge is 0.293 e. The van der Waals surface area contributed by atoms with Gasteiger partial charge in [0.2, 0.25) is 0 Å². The van der Waals surface area contributed by atoms with Crippen LogP contribution in [0.15, 0.2) is 5.10 Å². The van der Waals surface area contributed by atoms with Gasteiger partial charge in [0, 0.05) is 0 Å². The van der Waals surface area contributed by atoms with Gasteiger partial charge >= 0.3 is 5.12 Å². The highest BCUT2D eigenvalue weighted by atomic mass is 32.2. The van der Waals surface area contributed by atoms with Gasteiger partial charge < -0.3 is 0 Å². The van der Waals surface area contributed by atoms with Gasteiger partial charge in [0.1, 0.15) is 5.71 Å². The number of nitrogens with zero attached hydrogens (tertiary/aromatic N) is 1. The quantitative estimate of drug-likeness (QED) is 0.621. The summed E-state index contributed by atoms with van der Waals surface area (Å²) in [6, 6.07) is 0.581. The lowest BCUT2D eigenvalue weighted by molar-refractivity contribution is -0.744. The monoisotopic (exact) mass is 257 g/mol. The normalized spacial score (nSPS) is 30.5. The topological polar surface area (TPSA) is 70.1 Å². The number of carbonyl (C=O) groups is 1. The maximum atomic E-state index is 11.7. The van der Waals surface area contributed by atoms with Gasteiger partial charge in [-0.15, -0.1) is 0 Å². The lowest BCUT2D eigenvalue weighted by Gasteiger charge is -2.36. The summed E-state index contributed by atoms with van der Waals surface area (Å²) in [7, 11) is 0. The van der Waals surface area contributed by atoms with Crippen LogP contribution in [0.1, 0.15) is 39.0 Å². The molecule has 6 heteroatoms. The molecule has 1 aliphatic carbocycles. The Morgan fingerprint density at radius 3 is 2.71 bits per heavy atom. The number of amides is 1. The highest BCUT2D eigenvalue weighted by Gasteiger charge is 2.41. The van der Waals surface area contributed by atoms with Crippen molar-refractivity contribution in [2.45, 2.75) is 50.2 Å². The third kappa shape index (κ3) is 2.93. The predicted molar refractivity (Wildman–Crippen MR) is 69.4 cm³/mol. The summed E-state index contributed by atoms with van der Waals surface area (Å²) in [5, 5.41) is 8.82. The highest BCUT2D eigenvalue weighted by Crippen LogP contribution is 2.17. The molecule has 1 heterocycles. The first-order chi connectivity index (χ1) is 8.15. The second-order valence-electron chi connectivity index (χ2n) is 4.77. The highest BCUT2D eigenvalue weighted by molar-refractivity contribution is 7.99. The summed E-state index contributed by atoms with van der Waals surface area (Å²) < 4.78 is 0. The first-order valence-corrected chi connectivity index (χ1v) is 7.43. The molecular formula is C11H21N4OS+. The summed E-state index contributed by atoms with van der Waals surface area (Å²) in [5.41, 5.74) is 3.57. The van der Waals surface area contributed by atoms with E-state index >= 15 is 0 Å². The first kappa shape index (κ1) is 12.7. The molecule has 2 rings (SSSR count). The van der Waals surface area contributed by atoms with Crippen molar-refractivity contribution >= 4 is 23.4 Å². The molecule has 1 fully saturated rings. The second-order valence-corrected chi connectivity index (χ2v) is 5.82. The zero-order valence-electron chi connectivity index (χ0n) is 10.5. The van der Waals surface area contributed by atoms with Crippen molar-refractivity contribution in [2.24, 2.45) is 5.10 Å². The molecule has 0 aromatic rings. The van der Waals surface area contributed by atoms with Crippen LogP contribution in [-0.2, 0) is 4.79 Å². The van der Waals surface area contributed by atoms with Crippen LogP contribution in [0.3, 0.4) is 0 Å². The van der Waals surface area contributed by atoms with Crippen LogP contribution >= 0.6 is 11.8 Å². The SMILES string of the molecule is CS[C@@]1([NH2+]C2CCCCC2)NN=C(C)C(=O)N1. The molecule has 0 radical (unpaired) electrons. The minimum absolute atomic E-state index is 0.0786. The molecule has 1 aliphatic heterocycles. The molecular weight excluding hydrogens is 236 g/mol. The lowest BCUT2D eigenvalue weighted by atomic mass is 9.95. The molecule has 1 saturated carbocycles. The third-order valence-electron chi connectivity index (χ3n) is 3.46. The number of nitrogens with one attached hydrogen (secondary N) is 2. The molecule has 5 nitrogen and oxygen atoms in total. The van der Waals surface area contributed by atoms with Gasteiger partial charge in [-0.05, 0) is 50.6 Å². The molecule has 0 unspecified atom stereocenters. The maximum absolute atomic E-state index is 11.7. The van der Waals surface area contributed by atoms with Gasteiger partial charge in [-0.25, -0.2) is 5.43 Å². The molecule has 0 aromatic carbocycles. The average Bonchev–Trinajstić information content (AvgIpc) is 2.35. The summed E-state index contributed by atoms with van der Waals surface area (Å²) in [5.74, 6) is -0.0786. The van der Waals surface area contributed by atoms with E-state index in [-0.39, 0.29) is 5.91 Å². The van der Waals surface area contributed by atoms with Crippen molar-refractivity contribution in [1.29, 1.82) is 0 Å². The molecule has 0 spiro atoms. The molecule has 96 valence electrons. The van der Waals surface area contributed by atoms with Crippen LogP contribution in [0.4, 0.5) is 0 Å². The summed E-state index contributed by atoms with van der Waals surface area (Å²) >= 11 is 1.59. The van der Waals surface area contributed by atoms with Gasteiger partial charge in [0.25, 0.3) is 5.91 Å². The third-order valence-corrected chi connectivity index (χ3v) is 4.43. The minimum Gasteiger partial charge on any atom is -0.293 e. The van der Waals surface area contributed by atoms with Crippen LogP contribution in [0, 0.1) is 0 Å². The van der Waals surface area contributed by atoms with Gasteiger partial charge in [0.15, 0.2) is 0 Å². The zero-order valence-corrected chi connectivity index (χ0v) is 11.3. The van der Waals surface area contributed by atoms with E-state index in [1.807, 2.05) is 6.26 Å². The van der Waals surface area contributed by atoms with Crippen LogP contribution in [0.25, 0.3) is 0 Å². The van der Waals surface area contributed by atoms with Gasteiger partial charge in [-0.3, -0.25) is 15.4 Å². The molecule has 17 heavy (non-hydrogen) atoms. The summed E-state index contributed by atoms with van der Waals surface area (Å²) in [6.45, 7) is 1.72. The fourth-order valence-electron chi connectivity index (χ4n) is 2.38. The Bertz CT molecular complexity index is 327. The van der Waals surface area contributed by atoms with Crippen molar-refractivity contribution < 1.29 is 10.1 Å². The molecule has 2 aliphatic rings. The lowest BCUT2D eigenvalue weighted by Crippen LogP contribution is -3.07. The van der Waals surface area contributed by atoms with E-state index in [4.69, 9.17) is 0 Å². The number of hydrogen-bond donors (Lipinski definition) is 3. The van der Waals surface area contributed by atoms with Crippen molar-refractivity contribution in [1.82, 2.24) is 10.7 Å². The fraction of sp³-hybridized carbons (Fsp3) is 0.818. The van der Waals surface area contributed by atoms with Crippen LogP contribution in [-0.4, -0.2) is 29.0 Å². The number of rotatable bonds is 3. The number of quaternary nitrogens is 1. The Hall–Kier alpha value is -0.750. The molecule has 0 aromatic heterocycles. The van der Waals surface area contributed by atoms with E-state index in [0.717, 1.165) is 0 Å². The Balaban J connectivity index is 2.02. The van der Waals surface area contributed by atoms with E-state index in [1.54, 1.807) is 18.7 Å². The van der Waals surface area contributed by atoms with E-state index in [1.165, 1.54) is 32.1 Å². The zero-order chi connectivity index (χ0) is 12.3. The first-order valence-electron chi connectivity index (χ1n) is 6.20. The van der Waals surface area contributed by atoms with E-state index in [9.17, 15) is 4.79 Å². The average molecular weight is 257 g/mol. The van der Waals surface area contributed by atoms with E-state index in [2.05, 4.69) is 21.2 Å². The number of nitrogens with two attached hydrogens (primary N) is 1. The standard InChI is InChI=1S/C11H20N4OS/c1-8-10(16)13-11(17-2,15-14-8)12-9-6-4-3-5-7-9/h9,12,15H,3-7H2,1-2H3,(H,13,16)/p+1/t11-/m1/s1. The Morgan fingerprint density at radius 2 is 2.12 bits per heavy atom. The van der Waals surface area contributed by atoms with Crippen molar-refractivity contribution in [3.63, 3.8) is 0 Å². The molecule has 0 saturated heterocycles. The molecule has 1 atom stereocenters. The Labute approximate surface area is 106 Å². The van der Waals surface area contributed by atoms with Gasteiger partial charge in [0.05, 0.1) is 6.04 Å². The van der Waals surface area contributed by atoms with Crippen molar-refractivity contribution in [2.75, 3.05) is 6.26 Å². The van der Waals surface area contributed by atoms with E-state index < -0.39 is 5.12 Å². The number of thioether (sulfide) groups is 1. The Morgan fingerprint density at radius 1 is 1.41 bits per heavy atom. The predicted octanol–water partition coefficient (Wildman–Crippen LogP) is -0.0479. The number of carbonyl (C=O) groups excluding carboxylic acids is 1. The van der Waals surface area contributed by atoms with E-state index in [0.29, 0.717) is 11.8 Å². The van der Waals surface area contributed by atoms with Crippen molar-refractivity contribution in [3.05, 3.63) is 0 Å². The Kier molecular flexibility index (Phi) is 3.93. The van der Waals surface area contributed by atoms with Gasteiger partial charge in [-0.1, -0.05) is 6.42 Å². The maximum Gasteiger partial charge on any atom is 0.316 e. The van der Waals surface area contributed by atoms with Crippen LogP contribution in [0.2, 0.25) is 0 Å². The summed E-state index contributed by atoms with van der Waals surface area (Å²) in [4.78, 5) is 11.7. The van der Waals surface area contributed by atoms with Crippen molar-refractivity contribution in [3.8, 4) is 0 Å². The number of hydrazone groups is 1.